The number of hydrogen-bond acceptors (Lipinski definition) is 4. The number of benzene rings is 1. The highest BCUT2D eigenvalue weighted by Gasteiger charge is 2.21. The van der Waals surface area contributed by atoms with Crippen LogP contribution < -0.4 is 5.32 Å². The molecular weight excluding hydrogens is 280 g/mol. The highest BCUT2D eigenvalue weighted by Crippen LogP contribution is 2.24. The van der Waals surface area contributed by atoms with E-state index in [-0.39, 0.29) is 6.04 Å². The Bertz CT molecular complexity index is 501. The maximum Gasteiger partial charge on any atom is 0.244 e. The lowest BCUT2D eigenvalue weighted by molar-refractivity contribution is 0.521. The van der Waals surface area contributed by atoms with E-state index in [0.717, 1.165) is 11.5 Å². The summed E-state index contributed by atoms with van der Waals surface area (Å²) in [4.78, 5) is 0.327. The van der Waals surface area contributed by atoms with Gasteiger partial charge in [-0.3, -0.25) is 0 Å². The molecule has 0 amide bonds. The van der Waals surface area contributed by atoms with Crippen molar-refractivity contribution < 1.29 is 8.42 Å². The Kier molecular flexibility index (Phi) is 6.16. The first kappa shape index (κ1) is 16.3. The summed E-state index contributed by atoms with van der Waals surface area (Å²) in [5.41, 5.74) is 0.667. The third kappa shape index (κ3) is 4.40. The molecule has 19 heavy (non-hydrogen) atoms. The number of hydrogen-bond donors (Lipinski definition) is 1. The minimum atomic E-state index is -3.41. The second-order valence-corrected chi connectivity index (χ2v) is 7.93. The van der Waals surface area contributed by atoms with Crippen LogP contribution in [0.2, 0.25) is 0 Å². The van der Waals surface area contributed by atoms with Gasteiger partial charge in [0.1, 0.15) is 4.90 Å². The molecule has 1 aromatic rings. The molecule has 1 atom stereocenters. The van der Waals surface area contributed by atoms with Gasteiger partial charge in [-0.25, -0.2) is 12.7 Å². The van der Waals surface area contributed by atoms with Crippen LogP contribution in [0.3, 0.4) is 0 Å². The van der Waals surface area contributed by atoms with Gasteiger partial charge in [-0.1, -0.05) is 19.1 Å². The molecule has 0 aliphatic carbocycles. The quantitative estimate of drug-likeness (QED) is 0.841. The van der Waals surface area contributed by atoms with Gasteiger partial charge in [0.25, 0.3) is 0 Å². The van der Waals surface area contributed by atoms with Crippen molar-refractivity contribution in [2.45, 2.75) is 24.8 Å². The number of nitrogens with zero attached hydrogens (tertiary/aromatic N) is 1. The number of para-hydroxylation sites is 1. The van der Waals surface area contributed by atoms with E-state index >= 15 is 0 Å². The van der Waals surface area contributed by atoms with Crippen LogP contribution >= 0.6 is 11.8 Å². The van der Waals surface area contributed by atoms with E-state index in [1.807, 2.05) is 23.9 Å². The van der Waals surface area contributed by atoms with E-state index in [9.17, 15) is 8.42 Å². The monoisotopic (exact) mass is 302 g/mol. The zero-order valence-corrected chi connectivity index (χ0v) is 13.5. The van der Waals surface area contributed by atoms with Crippen LogP contribution in [0.5, 0.6) is 0 Å². The van der Waals surface area contributed by atoms with Gasteiger partial charge in [-0.05, 0) is 24.8 Å². The molecule has 0 bridgehead atoms. The summed E-state index contributed by atoms with van der Waals surface area (Å²) in [6.07, 6.45) is 0. The van der Waals surface area contributed by atoms with Crippen molar-refractivity contribution in [3.8, 4) is 0 Å². The van der Waals surface area contributed by atoms with Gasteiger partial charge >= 0.3 is 0 Å². The normalized spacial score (nSPS) is 13.5. The lowest BCUT2D eigenvalue weighted by atomic mass is 10.3. The molecule has 0 heterocycles. The van der Waals surface area contributed by atoms with Crippen LogP contribution in [0.4, 0.5) is 5.69 Å². The zero-order valence-electron chi connectivity index (χ0n) is 11.9. The van der Waals surface area contributed by atoms with E-state index in [4.69, 9.17) is 0 Å². The molecule has 0 fully saturated rings. The van der Waals surface area contributed by atoms with Crippen LogP contribution in [-0.2, 0) is 10.0 Å². The Morgan fingerprint density at radius 3 is 2.53 bits per heavy atom. The summed E-state index contributed by atoms with van der Waals surface area (Å²) in [7, 11) is -0.321. The molecule has 108 valence electrons. The summed E-state index contributed by atoms with van der Waals surface area (Å²) < 4.78 is 25.7. The molecular formula is C13H22N2O2S2. The smallest absolute Gasteiger partial charge is 0.244 e. The third-order valence-electron chi connectivity index (χ3n) is 2.62. The highest BCUT2D eigenvalue weighted by atomic mass is 32.2. The van der Waals surface area contributed by atoms with Crippen LogP contribution in [-0.4, -0.2) is 44.4 Å². The molecule has 0 radical (unpaired) electrons. The zero-order chi connectivity index (χ0) is 14.5. The maximum absolute atomic E-state index is 12.2. The van der Waals surface area contributed by atoms with E-state index in [0.29, 0.717) is 10.6 Å². The SMILES string of the molecule is CCSCC(C)Nc1ccccc1S(=O)(=O)N(C)C. The van der Waals surface area contributed by atoms with Crippen molar-refractivity contribution in [2.24, 2.45) is 0 Å². The van der Waals surface area contributed by atoms with Crippen molar-refractivity contribution in [1.29, 1.82) is 0 Å². The van der Waals surface area contributed by atoms with Gasteiger partial charge in [-0.15, -0.1) is 0 Å². The Morgan fingerprint density at radius 2 is 1.95 bits per heavy atom. The van der Waals surface area contributed by atoms with Gasteiger partial charge in [0.05, 0.1) is 5.69 Å². The summed E-state index contributed by atoms with van der Waals surface area (Å²) in [5.74, 6) is 2.01. The molecule has 1 aromatic carbocycles. The molecule has 0 aliphatic heterocycles. The van der Waals surface area contributed by atoms with E-state index in [1.165, 1.54) is 4.31 Å². The minimum absolute atomic E-state index is 0.225. The minimum Gasteiger partial charge on any atom is -0.381 e. The summed E-state index contributed by atoms with van der Waals surface area (Å²) in [6.45, 7) is 4.17. The summed E-state index contributed by atoms with van der Waals surface area (Å²) in [5, 5.41) is 3.28. The molecule has 1 unspecified atom stereocenters. The fraction of sp³-hybridized carbons (Fsp3) is 0.538. The average molecular weight is 302 g/mol. The lowest BCUT2D eigenvalue weighted by Gasteiger charge is -2.19. The van der Waals surface area contributed by atoms with Crippen molar-refractivity contribution >= 4 is 27.5 Å². The Balaban J connectivity index is 2.97. The predicted molar refractivity (Wildman–Crippen MR) is 83.4 cm³/mol. The topological polar surface area (TPSA) is 49.4 Å². The standard InChI is InChI=1S/C13H22N2O2S2/c1-5-18-10-11(2)14-12-8-6-7-9-13(12)19(16,17)15(3)4/h6-9,11,14H,5,10H2,1-4H3. The van der Waals surface area contributed by atoms with E-state index in [1.54, 1.807) is 26.2 Å². The first-order valence-corrected chi connectivity index (χ1v) is 8.85. The molecule has 6 heteroatoms. The second-order valence-electron chi connectivity index (χ2n) is 4.49. The molecule has 1 rings (SSSR count). The number of thioether (sulfide) groups is 1. The average Bonchev–Trinajstić information content (AvgIpc) is 2.36. The van der Waals surface area contributed by atoms with Gasteiger partial charge in [0, 0.05) is 25.9 Å². The van der Waals surface area contributed by atoms with Crippen molar-refractivity contribution in [2.75, 3.05) is 30.9 Å². The number of sulfonamides is 1. The Morgan fingerprint density at radius 1 is 1.32 bits per heavy atom. The summed E-state index contributed by atoms with van der Waals surface area (Å²) >= 11 is 1.83. The van der Waals surface area contributed by atoms with E-state index in [2.05, 4.69) is 19.2 Å². The molecule has 0 spiro atoms. The Hall–Kier alpha value is -0.720. The molecule has 4 nitrogen and oxygen atoms in total. The van der Waals surface area contributed by atoms with Crippen LogP contribution in [0.1, 0.15) is 13.8 Å². The van der Waals surface area contributed by atoms with Crippen molar-refractivity contribution in [3.05, 3.63) is 24.3 Å². The van der Waals surface area contributed by atoms with Gasteiger partial charge in [0.15, 0.2) is 0 Å². The van der Waals surface area contributed by atoms with E-state index < -0.39 is 10.0 Å². The van der Waals surface area contributed by atoms with Gasteiger partial charge in [0.2, 0.25) is 10.0 Å². The van der Waals surface area contributed by atoms with Crippen molar-refractivity contribution in [1.82, 2.24) is 4.31 Å². The second kappa shape index (κ2) is 7.17. The Labute approximate surface area is 120 Å². The number of nitrogens with one attached hydrogen (secondary N) is 1. The first-order chi connectivity index (χ1) is 8.89. The van der Waals surface area contributed by atoms with Gasteiger partial charge in [-0.2, -0.15) is 11.8 Å². The fourth-order valence-corrected chi connectivity index (χ4v) is 3.33. The van der Waals surface area contributed by atoms with Gasteiger partial charge < -0.3 is 5.32 Å². The fourth-order valence-electron chi connectivity index (χ4n) is 1.61. The van der Waals surface area contributed by atoms with Crippen LogP contribution in [0.25, 0.3) is 0 Å². The predicted octanol–water partition coefficient (Wildman–Crippen LogP) is 2.49. The molecule has 0 saturated heterocycles. The van der Waals surface area contributed by atoms with Crippen molar-refractivity contribution in [3.63, 3.8) is 0 Å². The van der Waals surface area contributed by atoms with Crippen LogP contribution in [0.15, 0.2) is 29.2 Å². The molecule has 0 aromatic heterocycles. The molecule has 0 saturated carbocycles. The maximum atomic E-state index is 12.2. The first-order valence-electron chi connectivity index (χ1n) is 6.25. The third-order valence-corrected chi connectivity index (χ3v) is 5.64. The molecule has 1 N–H and O–H groups in total. The highest BCUT2D eigenvalue weighted by molar-refractivity contribution is 7.99. The number of anilines is 1. The molecule has 0 aliphatic rings. The largest absolute Gasteiger partial charge is 0.381 e. The summed E-state index contributed by atoms with van der Waals surface area (Å²) in [6, 6.07) is 7.26. The lowest BCUT2D eigenvalue weighted by Crippen LogP contribution is -2.25. The number of rotatable bonds is 7. The van der Waals surface area contributed by atoms with Crippen LogP contribution in [0, 0.1) is 0 Å².